The molecule has 0 saturated heterocycles. The number of nitrogens with one attached hydrogen (secondary N) is 1. The number of rotatable bonds is 9. The average Bonchev–Trinajstić information content (AvgIpc) is 2.86. The van der Waals surface area contributed by atoms with E-state index in [0.29, 0.717) is 11.3 Å². The van der Waals surface area contributed by atoms with Crippen molar-refractivity contribution in [3.8, 4) is 0 Å². The number of amides is 2. The Morgan fingerprint density at radius 3 is 2.03 bits per heavy atom. The maximum absolute atomic E-state index is 13.7. The van der Waals surface area contributed by atoms with Gasteiger partial charge in [-0.15, -0.1) is 0 Å². The summed E-state index contributed by atoms with van der Waals surface area (Å²) in [4.78, 5) is 27.8. The maximum Gasteiger partial charge on any atom is 0.264 e. The van der Waals surface area contributed by atoms with Gasteiger partial charge < -0.3 is 10.2 Å². The molecule has 0 heterocycles. The van der Waals surface area contributed by atoms with Crippen LogP contribution in [0, 0.1) is 13.8 Å². The van der Waals surface area contributed by atoms with Crippen LogP contribution in [0.3, 0.4) is 0 Å². The number of benzene rings is 3. The Labute approximate surface area is 207 Å². The summed E-state index contributed by atoms with van der Waals surface area (Å²) in [7, 11) is -2.54. The lowest BCUT2D eigenvalue weighted by molar-refractivity contribution is -0.139. The quantitative estimate of drug-likeness (QED) is 0.493. The van der Waals surface area contributed by atoms with Crippen LogP contribution >= 0.6 is 0 Å². The number of carbonyl (C=O) groups excluding carboxylic acids is 2. The first kappa shape index (κ1) is 26.0. The zero-order valence-electron chi connectivity index (χ0n) is 20.4. The molecule has 0 spiro atoms. The summed E-state index contributed by atoms with van der Waals surface area (Å²) in [6.45, 7) is 5.09. The second kappa shape index (κ2) is 11.2. The molecule has 0 bridgehead atoms. The van der Waals surface area contributed by atoms with Crippen molar-refractivity contribution >= 4 is 27.5 Å². The van der Waals surface area contributed by atoms with Gasteiger partial charge in [0.15, 0.2) is 0 Å². The third kappa shape index (κ3) is 5.89. The number of carbonyl (C=O) groups is 2. The Kier molecular flexibility index (Phi) is 8.30. The van der Waals surface area contributed by atoms with Crippen molar-refractivity contribution in [1.29, 1.82) is 0 Å². The highest BCUT2D eigenvalue weighted by molar-refractivity contribution is 7.92. The van der Waals surface area contributed by atoms with Gasteiger partial charge >= 0.3 is 0 Å². The van der Waals surface area contributed by atoms with E-state index in [-0.39, 0.29) is 17.3 Å². The van der Waals surface area contributed by atoms with E-state index in [2.05, 4.69) is 5.32 Å². The minimum atomic E-state index is -4.05. The molecule has 3 rings (SSSR count). The largest absolute Gasteiger partial charge is 0.357 e. The lowest BCUT2D eigenvalue weighted by atomic mass is 10.1. The standard InChI is InChI=1S/C27H31N3O4S/c1-20-12-8-10-14-23(20)18-29(22(3)27(32)28-4)26(31)19-30(25-17-11-9-13-21(25)2)35(33,34)24-15-6-5-7-16-24/h5-17,22H,18-19H2,1-4H3,(H,28,32). The van der Waals surface area contributed by atoms with Gasteiger partial charge in [-0.3, -0.25) is 13.9 Å². The van der Waals surface area contributed by atoms with E-state index < -0.39 is 28.5 Å². The van der Waals surface area contributed by atoms with Crippen LogP contribution in [0.2, 0.25) is 0 Å². The number of likely N-dealkylation sites (N-methyl/N-ethyl adjacent to an activating group) is 1. The first-order chi connectivity index (χ1) is 16.7. The second-order valence-corrected chi connectivity index (χ2v) is 10.2. The summed E-state index contributed by atoms with van der Waals surface area (Å²) >= 11 is 0. The third-order valence-corrected chi connectivity index (χ3v) is 7.78. The number of para-hydroxylation sites is 1. The Bertz CT molecular complexity index is 1290. The van der Waals surface area contributed by atoms with E-state index in [9.17, 15) is 18.0 Å². The van der Waals surface area contributed by atoms with Gasteiger partial charge in [0.05, 0.1) is 10.6 Å². The molecule has 0 fully saturated rings. The van der Waals surface area contributed by atoms with E-state index >= 15 is 0 Å². The van der Waals surface area contributed by atoms with Gasteiger partial charge in [0, 0.05) is 13.6 Å². The average molecular weight is 494 g/mol. The van der Waals surface area contributed by atoms with Gasteiger partial charge in [-0.25, -0.2) is 8.42 Å². The summed E-state index contributed by atoms with van der Waals surface area (Å²) in [6, 6.07) is 21.8. The fraction of sp³-hybridized carbons (Fsp3) is 0.259. The molecule has 2 amide bonds. The molecular weight excluding hydrogens is 462 g/mol. The van der Waals surface area contributed by atoms with Crippen molar-refractivity contribution < 1.29 is 18.0 Å². The maximum atomic E-state index is 13.7. The van der Waals surface area contributed by atoms with E-state index in [1.54, 1.807) is 50.2 Å². The number of hydrogen-bond acceptors (Lipinski definition) is 4. The lowest BCUT2D eigenvalue weighted by Crippen LogP contribution is -2.50. The zero-order valence-corrected chi connectivity index (χ0v) is 21.2. The Hall–Kier alpha value is -3.65. The van der Waals surface area contributed by atoms with E-state index in [1.165, 1.54) is 24.1 Å². The van der Waals surface area contributed by atoms with Crippen molar-refractivity contribution in [2.75, 3.05) is 17.9 Å². The van der Waals surface area contributed by atoms with Crippen molar-refractivity contribution in [1.82, 2.24) is 10.2 Å². The smallest absolute Gasteiger partial charge is 0.264 e. The molecule has 0 aliphatic carbocycles. The van der Waals surface area contributed by atoms with Crippen LogP contribution in [0.5, 0.6) is 0 Å². The van der Waals surface area contributed by atoms with Gasteiger partial charge in [-0.05, 0) is 55.7 Å². The predicted molar refractivity (Wildman–Crippen MR) is 137 cm³/mol. The van der Waals surface area contributed by atoms with E-state index in [1.807, 2.05) is 37.3 Å². The van der Waals surface area contributed by atoms with Crippen LogP contribution in [-0.4, -0.2) is 44.8 Å². The molecule has 0 radical (unpaired) electrons. The van der Waals surface area contributed by atoms with Crippen molar-refractivity contribution in [3.05, 3.63) is 95.6 Å². The molecule has 8 heteroatoms. The minimum absolute atomic E-state index is 0.0841. The molecule has 1 atom stereocenters. The van der Waals surface area contributed by atoms with Crippen LogP contribution in [0.15, 0.2) is 83.8 Å². The monoisotopic (exact) mass is 493 g/mol. The summed E-state index contributed by atoms with van der Waals surface area (Å²) in [5.41, 5.74) is 2.98. The third-order valence-electron chi connectivity index (χ3n) is 6.01. The summed E-state index contributed by atoms with van der Waals surface area (Å²) in [6.07, 6.45) is 0. The molecule has 7 nitrogen and oxygen atoms in total. The topological polar surface area (TPSA) is 86.8 Å². The molecule has 0 saturated carbocycles. The Morgan fingerprint density at radius 1 is 0.857 bits per heavy atom. The molecule has 3 aromatic rings. The first-order valence-electron chi connectivity index (χ1n) is 11.4. The number of sulfonamides is 1. The van der Waals surface area contributed by atoms with Gasteiger partial charge in [-0.1, -0.05) is 60.7 Å². The van der Waals surface area contributed by atoms with Crippen LogP contribution in [0.1, 0.15) is 23.6 Å². The summed E-state index contributed by atoms with van der Waals surface area (Å²) < 4.78 is 28.5. The van der Waals surface area contributed by atoms with Crippen LogP contribution in [0.4, 0.5) is 5.69 Å². The molecule has 3 aromatic carbocycles. The van der Waals surface area contributed by atoms with E-state index in [0.717, 1.165) is 15.4 Å². The normalized spacial score (nSPS) is 12.0. The Morgan fingerprint density at radius 2 is 1.43 bits per heavy atom. The van der Waals surface area contributed by atoms with Crippen molar-refractivity contribution in [2.24, 2.45) is 0 Å². The summed E-state index contributed by atoms with van der Waals surface area (Å²) in [5, 5.41) is 2.59. The van der Waals surface area contributed by atoms with Gasteiger partial charge in [0.2, 0.25) is 11.8 Å². The van der Waals surface area contributed by atoms with Crippen molar-refractivity contribution in [2.45, 2.75) is 38.3 Å². The van der Waals surface area contributed by atoms with Crippen molar-refractivity contribution in [3.63, 3.8) is 0 Å². The van der Waals surface area contributed by atoms with Crippen LogP contribution in [0.25, 0.3) is 0 Å². The Balaban J connectivity index is 2.05. The van der Waals surface area contributed by atoms with Crippen LogP contribution in [-0.2, 0) is 26.2 Å². The fourth-order valence-corrected chi connectivity index (χ4v) is 5.34. The highest BCUT2D eigenvalue weighted by atomic mass is 32.2. The zero-order chi connectivity index (χ0) is 25.6. The highest BCUT2D eigenvalue weighted by Crippen LogP contribution is 2.27. The van der Waals surface area contributed by atoms with Crippen LogP contribution < -0.4 is 9.62 Å². The molecule has 1 unspecified atom stereocenters. The molecule has 0 aliphatic heterocycles. The number of anilines is 1. The molecule has 184 valence electrons. The predicted octanol–water partition coefficient (Wildman–Crippen LogP) is 3.66. The molecule has 0 aliphatic rings. The minimum Gasteiger partial charge on any atom is -0.357 e. The van der Waals surface area contributed by atoms with Gasteiger partial charge in [0.25, 0.3) is 10.0 Å². The van der Waals surface area contributed by atoms with Gasteiger partial charge in [0.1, 0.15) is 12.6 Å². The second-order valence-electron chi connectivity index (χ2n) is 8.35. The number of hydrogen-bond donors (Lipinski definition) is 1. The van der Waals surface area contributed by atoms with Gasteiger partial charge in [-0.2, -0.15) is 0 Å². The molecular formula is C27H31N3O4S. The van der Waals surface area contributed by atoms with E-state index in [4.69, 9.17) is 0 Å². The molecule has 1 N–H and O–H groups in total. The molecule has 35 heavy (non-hydrogen) atoms. The summed E-state index contributed by atoms with van der Waals surface area (Å²) in [5.74, 6) is -0.813. The SMILES string of the molecule is CNC(=O)C(C)N(Cc1ccccc1C)C(=O)CN(c1ccccc1C)S(=O)(=O)c1ccccc1. The fourth-order valence-electron chi connectivity index (χ4n) is 3.84. The first-order valence-corrected chi connectivity index (χ1v) is 12.8. The highest BCUT2D eigenvalue weighted by Gasteiger charge is 2.32. The number of nitrogens with zero attached hydrogens (tertiary/aromatic N) is 2. The lowest BCUT2D eigenvalue weighted by Gasteiger charge is -2.32. The molecule has 0 aromatic heterocycles. The number of aryl methyl sites for hydroxylation is 2.